The zero-order chi connectivity index (χ0) is 14.8. The van der Waals surface area contributed by atoms with Crippen LogP contribution in [0.5, 0.6) is 0 Å². The van der Waals surface area contributed by atoms with Crippen LogP contribution >= 0.6 is 15.9 Å². The van der Waals surface area contributed by atoms with Crippen molar-refractivity contribution in [2.75, 3.05) is 6.54 Å². The van der Waals surface area contributed by atoms with E-state index >= 15 is 0 Å². The summed E-state index contributed by atoms with van der Waals surface area (Å²) in [5.41, 5.74) is 1.39. The Morgan fingerprint density at radius 1 is 1.19 bits per heavy atom. The van der Waals surface area contributed by atoms with Crippen LogP contribution in [0.15, 0.2) is 57.4 Å². The zero-order valence-electron chi connectivity index (χ0n) is 11.6. The van der Waals surface area contributed by atoms with Crippen LogP contribution in [-0.4, -0.2) is 6.54 Å². The lowest BCUT2D eigenvalue weighted by atomic mass is 10.0. The Hall–Kier alpha value is -1.65. The average Bonchev–Trinajstić information content (AvgIpc) is 2.91. The molecule has 0 aliphatic rings. The number of halogens is 2. The third-order valence-electron chi connectivity index (χ3n) is 3.41. The average molecular weight is 348 g/mol. The molecule has 1 aromatic heterocycles. The van der Waals surface area contributed by atoms with E-state index in [1.165, 1.54) is 6.07 Å². The first kappa shape index (κ1) is 14.3. The van der Waals surface area contributed by atoms with Crippen molar-refractivity contribution < 1.29 is 8.81 Å². The van der Waals surface area contributed by atoms with Crippen LogP contribution in [0.1, 0.15) is 24.3 Å². The van der Waals surface area contributed by atoms with E-state index in [0.29, 0.717) is 12.1 Å². The fourth-order valence-electron chi connectivity index (χ4n) is 2.45. The first-order valence-electron chi connectivity index (χ1n) is 6.86. The molecule has 0 spiro atoms. The van der Waals surface area contributed by atoms with Gasteiger partial charge in [0.2, 0.25) is 0 Å². The van der Waals surface area contributed by atoms with Crippen molar-refractivity contribution in [2.45, 2.75) is 13.0 Å². The lowest BCUT2D eigenvalue weighted by Gasteiger charge is -2.17. The topological polar surface area (TPSA) is 25.2 Å². The summed E-state index contributed by atoms with van der Waals surface area (Å²) >= 11 is 3.40. The number of nitrogens with one attached hydrogen (secondary N) is 1. The minimum atomic E-state index is -0.306. The maximum Gasteiger partial charge on any atom is 0.134 e. The summed E-state index contributed by atoms with van der Waals surface area (Å²) in [6.07, 6.45) is 0. The molecule has 1 N–H and O–H groups in total. The van der Waals surface area contributed by atoms with Crippen LogP contribution in [0.3, 0.4) is 0 Å². The summed E-state index contributed by atoms with van der Waals surface area (Å²) in [5.74, 6) is 0.472. The summed E-state index contributed by atoms with van der Waals surface area (Å²) in [6, 6.07) is 14.4. The van der Waals surface area contributed by atoms with Crippen LogP contribution in [0, 0.1) is 5.82 Å². The summed E-state index contributed by atoms with van der Waals surface area (Å²) in [4.78, 5) is 0. The van der Waals surface area contributed by atoms with Gasteiger partial charge in [-0.3, -0.25) is 0 Å². The van der Waals surface area contributed by atoms with E-state index in [2.05, 4.69) is 21.2 Å². The molecule has 1 heterocycles. The van der Waals surface area contributed by atoms with Gasteiger partial charge in [0.25, 0.3) is 0 Å². The molecule has 2 nitrogen and oxygen atoms in total. The summed E-state index contributed by atoms with van der Waals surface area (Å²) in [5, 5.41) is 4.31. The zero-order valence-corrected chi connectivity index (χ0v) is 13.2. The molecule has 0 bridgehead atoms. The van der Waals surface area contributed by atoms with Crippen molar-refractivity contribution >= 4 is 26.9 Å². The number of rotatable bonds is 4. The Balaban J connectivity index is 2.10. The van der Waals surface area contributed by atoms with Crippen molar-refractivity contribution in [1.29, 1.82) is 0 Å². The number of para-hydroxylation sites is 1. The molecule has 2 aromatic carbocycles. The van der Waals surface area contributed by atoms with E-state index in [1.807, 2.05) is 37.3 Å². The van der Waals surface area contributed by atoms with Gasteiger partial charge < -0.3 is 9.73 Å². The highest BCUT2D eigenvalue weighted by molar-refractivity contribution is 9.10. The molecule has 0 saturated carbocycles. The molecule has 1 unspecified atom stereocenters. The molecule has 3 aromatic rings. The van der Waals surface area contributed by atoms with Gasteiger partial charge in [0.1, 0.15) is 17.2 Å². The van der Waals surface area contributed by atoms with Gasteiger partial charge in [0.15, 0.2) is 0 Å². The van der Waals surface area contributed by atoms with Crippen LogP contribution in [0.4, 0.5) is 4.39 Å². The van der Waals surface area contributed by atoms with E-state index in [0.717, 1.165) is 21.2 Å². The first-order chi connectivity index (χ1) is 10.2. The highest BCUT2D eigenvalue weighted by Crippen LogP contribution is 2.31. The predicted molar refractivity (Wildman–Crippen MR) is 85.8 cm³/mol. The number of hydrogen-bond donors (Lipinski definition) is 1. The van der Waals surface area contributed by atoms with Crippen molar-refractivity contribution in [2.24, 2.45) is 0 Å². The number of fused-ring (bicyclic) bond motifs is 1. The smallest absolute Gasteiger partial charge is 0.134 e. The molecule has 4 heteroatoms. The summed E-state index contributed by atoms with van der Waals surface area (Å²) < 4.78 is 20.9. The van der Waals surface area contributed by atoms with E-state index in [4.69, 9.17) is 4.42 Å². The maximum atomic E-state index is 14.2. The molecule has 3 rings (SSSR count). The molecule has 0 fully saturated rings. The summed E-state index contributed by atoms with van der Waals surface area (Å²) in [6.45, 7) is 2.71. The molecule has 21 heavy (non-hydrogen) atoms. The third kappa shape index (κ3) is 2.87. The molecule has 1 atom stereocenters. The van der Waals surface area contributed by atoms with Crippen LogP contribution in [0.2, 0.25) is 0 Å². The molecular weight excluding hydrogens is 333 g/mol. The molecular formula is C17H15BrFNO. The van der Waals surface area contributed by atoms with Gasteiger partial charge in [0.05, 0.1) is 6.04 Å². The number of hydrogen-bond acceptors (Lipinski definition) is 2. The third-order valence-corrected chi connectivity index (χ3v) is 3.90. The minimum absolute atomic E-state index is 0.246. The largest absolute Gasteiger partial charge is 0.459 e. The molecule has 0 saturated heterocycles. The van der Waals surface area contributed by atoms with Gasteiger partial charge in [-0.05, 0) is 36.9 Å². The fraction of sp³-hybridized carbons (Fsp3) is 0.176. The van der Waals surface area contributed by atoms with E-state index in [9.17, 15) is 4.39 Å². The second-order valence-electron chi connectivity index (χ2n) is 4.84. The Bertz CT molecular complexity index is 735. The fourth-order valence-corrected chi connectivity index (χ4v) is 2.83. The van der Waals surface area contributed by atoms with Gasteiger partial charge in [-0.2, -0.15) is 0 Å². The van der Waals surface area contributed by atoms with E-state index < -0.39 is 0 Å². The number of benzene rings is 2. The quantitative estimate of drug-likeness (QED) is 0.715. The van der Waals surface area contributed by atoms with Crippen molar-refractivity contribution in [3.8, 4) is 0 Å². The van der Waals surface area contributed by atoms with Crippen molar-refractivity contribution in [3.05, 3.63) is 70.1 Å². The predicted octanol–water partition coefficient (Wildman–Crippen LogP) is 5.03. The summed E-state index contributed by atoms with van der Waals surface area (Å²) in [7, 11) is 0. The van der Waals surface area contributed by atoms with Crippen molar-refractivity contribution in [3.63, 3.8) is 0 Å². The Labute approximate surface area is 131 Å². The SMILES string of the molecule is CCNC(c1cc2ccccc2o1)c1cc(Br)ccc1F. The van der Waals surface area contributed by atoms with Crippen LogP contribution < -0.4 is 5.32 Å². The van der Waals surface area contributed by atoms with Crippen LogP contribution in [0.25, 0.3) is 11.0 Å². The Morgan fingerprint density at radius 2 is 2.00 bits per heavy atom. The van der Waals surface area contributed by atoms with Gasteiger partial charge >= 0.3 is 0 Å². The lowest BCUT2D eigenvalue weighted by Crippen LogP contribution is -2.22. The van der Waals surface area contributed by atoms with Gasteiger partial charge in [0, 0.05) is 15.4 Å². The number of furan rings is 1. The molecule has 0 aliphatic carbocycles. The van der Waals surface area contributed by atoms with E-state index in [1.54, 1.807) is 12.1 Å². The Morgan fingerprint density at radius 3 is 2.76 bits per heavy atom. The van der Waals surface area contributed by atoms with Gasteiger partial charge in [-0.15, -0.1) is 0 Å². The second kappa shape index (κ2) is 6.00. The van der Waals surface area contributed by atoms with Gasteiger partial charge in [-0.25, -0.2) is 4.39 Å². The second-order valence-corrected chi connectivity index (χ2v) is 5.76. The highest BCUT2D eigenvalue weighted by Gasteiger charge is 2.21. The molecule has 108 valence electrons. The minimum Gasteiger partial charge on any atom is -0.459 e. The molecule has 0 radical (unpaired) electrons. The highest BCUT2D eigenvalue weighted by atomic mass is 79.9. The standard InChI is InChI=1S/C17H15BrFNO/c1-2-20-17(13-10-12(18)7-8-14(13)19)16-9-11-5-3-4-6-15(11)21-16/h3-10,17,20H,2H2,1H3. The van der Waals surface area contributed by atoms with Crippen LogP contribution in [-0.2, 0) is 0 Å². The monoisotopic (exact) mass is 347 g/mol. The lowest BCUT2D eigenvalue weighted by molar-refractivity contribution is 0.462. The molecule has 0 aliphatic heterocycles. The normalized spacial score (nSPS) is 12.7. The Kier molecular flexibility index (Phi) is 4.08. The van der Waals surface area contributed by atoms with E-state index in [-0.39, 0.29) is 11.9 Å². The van der Waals surface area contributed by atoms with Crippen molar-refractivity contribution in [1.82, 2.24) is 5.32 Å². The first-order valence-corrected chi connectivity index (χ1v) is 7.65. The molecule has 0 amide bonds. The maximum absolute atomic E-state index is 14.2. The van der Waals surface area contributed by atoms with Gasteiger partial charge in [-0.1, -0.05) is 41.1 Å².